The maximum atomic E-state index is 12.1. The van der Waals surface area contributed by atoms with E-state index in [1.54, 1.807) is 0 Å². The predicted molar refractivity (Wildman–Crippen MR) is 99.0 cm³/mol. The van der Waals surface area contributed by atoms with Crippen molar-refractivity contribution in [1.82, 2.24) is 20.5 Å². The minimum Gasteiger partial charge on any atom is -0.366 e. The summed E-state index contributed by atoms with van der Waals surface area (Å²) in [6, 6.07) is 8.16. The van der Waals surface area contributed by atoms with E-state index in [0.29, 0.717) is 19.0 Å². The SMILES string of the molecule is CC(C)(C)c1ccc(-c2nc(NC(=O)[C@H]3CNCCO3)n[nH]2)cc1.Cl. The molecule has 7 nitrogen and oxygen atoms in total. The minimum absolute atomic E-state index is 0. The van der Waals surface area contributed by atoms with Crippen molar-refractivity contribution < 1.29 is 9.53 Å². The van der Waals surface area contributed by atoms with Gasteiger partial charge in [0.15, 0.2) is 5.82 Å². The van der Waals surface area contributed by atoms with Crippen LogP contribution in [0.25, 0.3) is 11.4 Å². The second-order valence-electron chi connectivity index (χ2n) is 6.89. The monoisotopic (exact) mass is 365 g/mol. The van der Waals surface area contributed by atoms with Crippen molar-refractivity contribution in [2.24, 2.45) is 0 Å². The van der Waals surface area contributed by atoms with Crippen LogP contribution in [-0.4, -0.2) is 46.9 Å². The van der Waals surface area contributed by atoms with E-state index in [2.05, 4.69) is 58.7 Å². The van der Waals surface area contributed by atoms with Gasteiger partial charge in [-0.05, 0) is 11.0 Å². The molecule has 1 aliphatic heterocycles. The lowest BCUT2D eigenvalue weighted by Gasteiger charge is -2.21. The molecule has 2 heterocycles. The van der Waals surface area contributed by atoms with Gasteiger partial charge in [0.2, 0.25) is 5.95 Å². The second kappa shape index (κ2) is 7.95. The number of nitrogens with one attached hydrogen (secondary N) is 3. The molecule has 1 fully saturated rings. The van der Waals surface area contributed by atoms with E-state index in [0.717, 1.165) is 12.1 Å². The number of aromatic nitrogens is 3. The summed E-state index contributed by atoms with van der Waals surface area (Å²) in [5.41, 5.74) is 2.28. The number of halogens is 1. The first-order valence-corrected chi connectivity index (χ1v) is 8.10. The fourth-order valence-electron chi connectivity index (χ4n) is 2.50. The zero-order valence-electron chi connectivity index (χ0n) is 14.6. The molecule has 25 heavy (non-hydrogen) atoms. The molecule has 0 spiro atoms. The molecule has 0 saturated carbocycles. The number of carbonyl (C=O) groups excluding carboxylic acids is 1. The molecule has 1 aromatic heterocycles. The van der Waals surface area contributed by atoms with Crippen molar-refractivity contribution in [2.45, 2.75) is 32.3 Å². The van der Waals surface area contributed by atoms with Crippen LogP contribution in [-0.2, 0) is 14.9 Å². The van der Waals surface area contributed by atoms with Crippen molar-refractivity contribution >= 4 is 24.3 Å². The van der Waals surface area contributed by atoms with Crippen molar-refractivity contribution in [2.75, 3.05) is 25.0 Å². The molecule has 8 heteroatoms. The fraction of sp³-hybridized carbons (Fsp3) is 0.471. The van der Waals surface area contributed by atoms with E-state index in [1.807, 2.05) is 12.1 Å². The van der Waals surface area contributed by atoms with Crippen LogP contribution in [0.1, 0.15) is 26.3 Å². The van der Waals surface area contributed by atoms with Crippen molar-refractivity contribution in [3.63, 3.8) is 0 Å². The first kappa shape index (κ1) is 19.4. The number of hydrogen-bond donors (Lipinski definition) is 3. The zero-order chi connectivity index (χ0) is 17.2. The van der Waals surface area contributed by atoms with E-state index >= 15 is 0 Å². The summed E-state index contributed by atoms with van der Waals surface area (Å²) in [5.74, 6) is 0.633. The number of ether oxygens (including phenoxy) is 1. The van der Waals surface area contributed by atoms with Gasteiger partial charge in [-0.25, -0.2) is 0 Å². The Hall–Kier alpha value is -1.96. The first-order chi connectivity index (χ1) is 11.4. The highest BCUT2D eigenvalue weighted by Crippen LogP contribution is 2.25. The Kier molecular flexibility index (Phi) is 6.16. The van der Waals surface area contributed by atoms with Crippen molar-refractivity contribution in [3.8, 4) is 11.4 Å². The van der Waals surface area contributed by atoms with Crippen molar-refractivity contribution in [1.29, 1.82) is 0 Å². The molecule has 1 atom stereocenters. The maximum Gasteiger partial charge on any atom is 0.257 e. The highest BCUT2D eigenvalue weighted by molar-refractivity contribution is 5.93. The lowest BCUT2D eigenvalue weighted by atomic mass is 9.87. The Morgan fingerprint density at radius 2 is 2.00 bits per heavy atom. The van der Waals surface area contributed by atoms with E-state index < -0.39 is 6.10 Å². The standard InChI is InChI=1S/C17H23N5O2.ClH/c1-17(2,3)12-6-4-11(5-7-12)14-19-16(22-21-14)20-15(23)13-10-18-8-9-24-13;/h4-7,13,18H,8-10H2,1-3H3,(H2,19,20,21,22,23);1H/t13-;/m1./s1. The highest BCUT2D eigenvalue weighted by atomic mass is 35.5. The smallest absolute Gasteiger partial charge is 0.257 e. The molecular formula is C17H24ClN5O2. The van der Waals surface area contributed by atoms with E-state index in [-0.39, 0.29) is 29.7 Å². The van der Waals surface area contributed by atoms with Gasteiger partial charge < -0.3 is 10.1 Å². The summed E-state index contributed by atoms with van der Waals surface area (Å²) in [6.07, 6.45) is -0.508. The van der Waals surface area contributed by atoms with Gasteiger partial charge in [-0.2, -0.15) is 4.98 Å². The normalized spacial score (nSPS) is 17.6. The Labute approximate surface area is 153 Å². The molecule has 1 aromatic carbocycles. The maximum absolute atomic E-state index is 12.1. The molecule has 3 rings (SSSR count). The van der Waals surface area contributed by atoms with Gasteiger partial charge in [0.25, 0.3) is 5.91 Å². The number of anilines is 1. The van der Waals surface area contributed by atoms with E-state index in [4.69, 9.17) is 4.74 Å². The van der Waals surface area contributed by atoms with Crippen LogP contribution in [0.5, 0.6) is 0 Å². The lowest BCUT2D eigenvalue weighted by Crippen LogP contribution is -2.45. The number of morpholine rings is 1. The third-order valence-corrected chi connectivity index (χ3v) is 3.96. The van der Waals surface area contributed by atoms with Crippen LogP contribution in [0.4, 0.5) is 5.95 Å². The van der Waals surface area contributed by atoms with Crippen LogP contribution in [0.3, 0.4) is 0 Å². The van der Waals surface area contributed by atoms with Crippen LogP contribution in [0, 0.1) is 0 Å². The molecule has 1 saturated heterocycles. The van der Waals surface area contributed by atoms with Gasteiger partial charge in [0, 0.05) is 18.7 Å². The molecule has 2 aromatic rings. The van der Waals surface area contributed by atoms with Gasteiger partial charge in [0.05, 0.1) is 6.61 Å². The summed E-state index contributed by atoms with van der Waals surface area (Å²) >= 11 is 0. The Bertz CT molecular complexity index is 703. The van der Waals surface area contributed by atoms with Gasteiger partial charge in [-0.1, -0.05) is 45.0 Å². The number of nitrogens with zero attached hydrogens (tertiary/aromatic N) is 2. The third kappa shape index (κ3) is 4.78. The second-order valence-corrected chi connectivity index (χ2v) is 6.89. The molecular weight excluding hydrogens is 342 g/mol. The summed E-state index contributed by atoms with van der Waals surface area (Å²) in [4.78, 5) is 16.4. The molecule has 136 valence electrons. The summed E-state index contributed by atoms with van der Waals surface area (Å²) in [7, 11) is 0. The lowest BCUT2D eigenvalue weighted by molar-refractivity contribution is -0.128. The van der Waals surface area contributed by atoms with Crippen LogP contribution in [0.2, 0.25) is 0 Å². The number of carbonyl (C=O) groups is 1. The quantitative estimate of drug-likeness (QED) is 0.774. The van der Waals surface area contributed by atoms with Gasteiger partial charge in [-0.3, -0.25) is 15.2 Å². The minimum atomic E-state index is -0.508. The molecule has 3 N–H and O–H groups in total. The number of aromatic amines is 1. The topological polar surface area (TPSA) is 91.9 Å². The van der Waals surface area contributed by atoms with Crippen LogP contribution in [0.15, 0.2) is 24.3 Å². The number of amides is 1. The molecule has 0 bridgehead atoms. The van der Waals surface area contributed by atoms with Gasteiger partial charge >= 0.3 is 0 Å². The summed E-state index contributed by atoms with van der Waals surface area (Å²) in [5, 5.41) is 12.7. The van der Waals surface area contributed by atoms with Gasteiger partial charge in [-0.15, -0.1) is 17.5 Å². The highest BCUT2D eigenvalue weighted by Gasteiger charge is 2.23. The number of rotatable bonds is 3. The number of benzene rings is 1. The summed E-state index contributed by atoms with van der Waals surface area (Å²) < 4.78 is 5.41. The van der Waals surface area contributed by atoms with E-state index in [1.165, 1.54) is 5.56 Å². The average Bonchev–Trinajstić information content (AvgIpc) is 3.03. The molecule has 0 unspecified atom stereocenters. The Balaban J connectivity index is 0.00000225. The summed E-state index contributed by atoms with van der Waals surface area (Å²) in [6.45, 7) is 8.30. The Morgan fingerprint density at radius 1 is 1.28 bits per heavy atom. The predicted octanol–water partition coefficient (Wildman–Crippen LogP) is 2.12. The molecule has 0 aliphatic carbocycles. The van der Waals surface area contributed by atoms with Crippen molar-refractivity contribution in [3.05, 3.63) is 29.8 Å². The first-order valence-electron chi connectivity index (χ1n) is 8.10. The van der Waals surface area contributed by atoms with Crippen LogP contribution >= 0.6 is 12.4 Å². The fourth-order valence-corrected chi connectivity index (χ4v) is 2.50. The largest absolute Gasteiger partial charge is 0.366 e. The Morgan fingerprint density at radius 3 is 2.60 bits per heavy atom. The molecule has 1 amide bonds. The molecule has 1 aliphatic rings. The van der Waals surface area contributed by atoms with E-state index in [9.17, 15) is 4.79 Å². The van der Waals surface area contributed by atoms with Crippen LogP contribution < -0.4 is 10.6 Å². The average molecular weight is 366 g/mol. The van der Waals surface area contributed by atoms with Gasteiger partial charge in [0.1, 0.15) is 6.10 Å². The number of H-pyrrole nitrogens is 1. The number of hydrogen-bond acceptors (Lipinski definition) is 5. The zero-order valence-corrected chi connectivity index (χ0v) is 15.4. The molecule has 0 radical (unpaired) electrons. The third-order valence-electron chi connectivity index (χ3n) is 3.96.